The third kappa shape index (κ3) is 1.97. The lowest BCUT2D eigenvalue weighted by Gasteiger charge is -2.58. The Morgan fingerprint density at radius 1 is 1.09 bits per heavy atom. The summed E-state index contributed by atoms with van der Waals surface area (Å²) in [5, 5.41) is 9.46. The molecule has 4 nitrogen and oxygen atoms in total. The Balaban J connectivity index is 1.75. The van der Waals surface area contributed by atoms with Crippen molar-refractivity contribution < 1.29 is 19.7 Å². The standard InChI is InChI=1S/C19H26O4/c1-18-7-5-11(20)9-15(18)16(23-22)10-12-13-3-4-17(21)19(13,2)8-6-14(12)18/h9,12-14,16,22H,3-8,10H2,1-2H3/t12-,13-,14-,16-,18+,19-/m0/s1. The van der Waals surface area contributed by atoms with Crippen LogP contribution in [0.5, 0.6) is 0 Å². The molecule has 0 aliphatic heterocycles. The molecule has 0 bridgehead atoms. The summed E-state index contributed by atoms with van der Waals surface area (Å²) in [5.41, 5.74) is 0.742. The lowest BCUT2D eigenvalue weighted by Crippen LogP contribution is -2.54. The smallest absolute Gasteiger partial charge is 0.155 e. The molecule has 0 aromatic rings. The summed E-state index contributed by atoms with van der Waals surface area (Å²) in [5.74, 6) is 1.88. The first-order valence-corrected chi connectivity index (χ1v) is 8.98. The van der Waals surface area contributed by atoms with E-state index in [2.05, 4.69) is 13.8 Å². The fourth-order valence-corrected chi connectivity index (χ4v) is 6.45. The highest BCUT2D eigenvalue weighted by atomic mass is 17.1. The first-order chi connectivity index (χ1) is 10.9. The second kappa shape index (κ2) is 5.00. The van der Waals surface area contributed by atoms with Crippen LogP contribution in [0.4, 0.5) is 0 Å². The molecule has 0 heterocycles. The maximum atomic E-state index is 12.4. The van der Waals surface area contributed by atoms with Crippen LogP contribution in [0, 0.1) is 28.6 Å². The molecule has 0 saturated heterocycles. The molecule has 0 unspecified atom stereocenters. The minimum atomic E-state index is -0.386. The van der Waals surface area contributed by atoms with Gasteiger partial charge in [-0.05, 0) is 66.9 Å². The van der Waals surface area contributed by atoms with E-state index in [1.54, 1.807) is 6.08 Å². The van der Waals surface area contributed by atoms with Crippen molar-refractivity contribution >= 4 is 11.6 Å². The third-order valence-corrected chi connectivity index (χ3v) is 7.79. The maximum absolute atomic E-state index is 12.4. The Morgan fingerprint density at radius 3 is 2.57 bits per heavy atom. The molecule has 0 radical (unpaired) electrons. The number of rotatable bonds is 1. The van der Waals surface area contributed by atoms with Gasteiger partial charge in [-0.25, -0.2) is 4.89 Å². The zero-order chi connectivity index (χ0) is 16.4. The van der Waals surface area contributed by atoms with Gasteiger partial charge in [-0.15, -0.1) is 0 Å². The molecule has 23 heavy (non-hydrogen) atoms. The highest BCUT2D eigenvalue weighted by Gasteiger charge is 2.60. The number of hydrogen-bond acceptors (Lipinski definition) is 4. The fraction of sp³-hybridized carbons (Fsp3) is 0.789. The Kier molecular flexibility index (Phi) is 3.37. The minimum Gasteiger partial charge on any atom is -0.299 e. The van der Waals surface area contributed by atoms with Crippen LogP contribution in [-0.4, -0.2) is 22.9 Å². The molecule has 4 aliphatic carbocycles. The van der Waals surface area contributed by atoms with Crippen molar-refractivity contribution in [2.75, 3.05) is 0 Å². The Morgan fingerprint density at radius 2 is 1.83 bits per heavy atom. The van der Waals surface area contributed by atoms with Crippen molar-refractivity contribution in [1.29, 1.82) is 0 Å². The van der Waals surface area contributed by atoms with E-state index in [0.717, 1.165) is 37.7 Å². The average molecular weight is 318 g/mol. The van der Waals surface area contributed by atoms with E-state index in [4.69, 9.17) is 4.89 Å². The average Bonchev–Trinajstić information content (AvgIpc) is 2.83. The zero-order valence-electron chi connectivity index (χ0n) is 14.0. The Bertz CT molecular complexity index is 594. The summed E-state index contributed by atoms with van der Waals surface area (Å²) < 4.78 is 0. The van der Waals surface area contributed by atoms with Crippen LogP contribution < -0.4 is 0 Å². The second-order valence-electron chi connectivity index (χ2n) is 8.61. The van der Waals surface area contributed by atoms with Crippen molar-refractivity contribution in [1.82, 2.24) is 0 Å². The van der Waals surface area contributed by atoms with E-state index in [1.165, 1.54) is 0 Å². The summed E-state index contributed by atoms with van der Waals surface area (Å²) in [4.78, 5) is 29.2. The number of fused-ring (bicyclic) bond motifs is 5. The molecule has 3 fully saturated rings. The predicted molar refractivity (Wildman–Crippen MR) is 84.6 cm³/mol. The van der Waals surface area contributed by atoms with Crippen LogP contribution in [0.1, 0.15) is 58.8 Å². The van der Waals surface area contributed by atoms with Gasteiger partial charge in [-0.2, -0.15) is 0 Å². The molecular weight excluding hydrogens is 292 g/mol. The topological polar surface area (TPSA) is 63.6 Å². The van der Waals surface area contributed by atoms with Crippen LogP contribution in [0.2, 0.25) is 0 Å². The van der Waals surface area contributed by atoms with Crippen LogP contribution in [-0.2, 0) is 14.5 Å². The summed E-state index contributed by atoms with van der Waals surface area (Å²) in [6.45, 7) is 4.39. The molecule has 126 valence electrons. The van der Waals surface area contributed by atoms with Gasteiger partial charge in [0.2, 0.25) is 0 Å². The first kappa shape index (κ1) is 15.5. The van der Waals surface area contributed by atoms with Gasteiger partial charge in [-0.1, -0.05) is 13.8 Å². The first-order valence-electron chi connectivity index (χ1n) is 8.98. The monoisotopic (exact) mass is 318 g/mol. The number of carbonyl (C=O) groups is 2. The van der Waals surface area contributed by atoms with Gasteiger partial charge in [-0.3, -0.25) is 14.8 Å². The van der Waals surface area contributed by atoms with Crippen LogP contribution in [0.3, 0.4) is 0 Å². The summed E-state index contributed by atoms with van der Waals surface area (Å²) >= 11 is 0. The van der Waals surface area contributed by atoms with E-state index in [-0.39, 0.29) is 22.7 Å². The molecule has 0 aromatic heterocycles. The molecule has 3 saturated carbocycles. The lowest BCUT2D eigenvalue weighted by molar-refractivity contribution is -0.285. The molecule has 0 amide bonds. The third-order valence-electron chi connectivity index (χ3n) is 7.79. The molecule has 0 aromatic carbocycles. The Labute approximate surface area is 137 Å². The normalized spacial score (nSPS) is 49.3. The number of hydrogen-bond donors (Lipinski definition) is 1. The van der Waals surface area contributed by atoms with Crippen molar-refractivity contribution in [2.24, 2.45) is 28.6 Å². The molecular formula is C19H26O4. The highest BCUT2D eigenvalue weighted by molar-refractivity contribution is 5.92. The van der Waals surface area contributed by atoms with Gasteiger partial charge in [0.05, 0.1) is 0 Å². The van der Waals surface area contributed by atoms with Gasteiger partial charge in [0, 0.05) is 18.3 Å². The number of Topliss-reactive ketones (excluding diaryl/α,β-unsaturated/α-hetero) is 1. The quantitative estimate of drug-likeness (QED) is 0.593. The van der Waals surface area contributed by atoms with E-state index in [0.29, 0.717) is 36.4 Å². The van der Waals surface area contributed by atoms with E-state index >= 15 is 0 Å². The summed E-state index contributed by atoms with van der Waals surface area (Å²) in [6, 6.07) is 0. The van der Waals surface area contributed by atoms with Crippen molar-refractivity contribution in [3.8, 4) is 0 Å². The molecule has 0 spiro atoms. The molecule has 4 aliphatic rings. The highest BCUT2D eigenvalue weighted by Crippen LogP contribution is 2.64. The van der Waals surface area contributed by atoms with Gasteiger partial charge < -0.3 is 0 Å². The van der Waals surface area contributed by atoms with E-state index in [1.807, 2.05) is 0 Å². The van der Waals surface area contributed by atoms with Crippen molar-refractivity contribution in [2.45, 2.75) is 64.9 Å². The zero-order valence-corrected chi connectivity index (χ0v) is 14.0. The van der Waals surface area contributed by atoms with Gasteiger partial charge in [0.15, 0.2) is 5.78 Å². The van der Waals surface area contributed by atoms with E-state index < -0.39 is 0 Å². The van der Waals surface area contributed by atoms with Crippen LogP contribution in [0.15, 0.2) is 11.6 Å². The second-order valence-corrected chi connectivity index (χ2v) is 8.61. The number of carbonyl (C=O) groups excluding carboxylic acids is 2. The van der Waals surface area contributed by atoms with Crippen LogP contribution >= 0.6 is 0 Å². The minimum absolute atomic E-state index is 0.0722. The van der Waals surface area contributed by atoms with Crippen molar-refractivity contribution in [3.63, 3.8) is 0 Å². The fourth-order valence-electron chi connectivity index (χ4n) is 6.45. The molecule has 4 rings (SSSR count). The largest absolute Gasteiger partial charge is 0.299 e. The molecule has 6 atom stereocenters. The van der Waals surface area contributed by atoms with E-state index in [9.17, 15) is 14.8 Å². The van der Waals surface area contributed by atoms with Gasteiger partial charge >= 0.3 is 0 Å². The van der Waals surface area contributed by atoms with Crippen molar-refractivity contribution in [3.05, 3.63) is 11.6 Å². The van der Waals surface area contributed by atoms with Crippen LogP contribution in [0.25, 0.3) is 0 Å². The van der Waals surface area contributed by atoms with Gasteiger partial charge in [0.1, 0.15) is 11.9 Å². The summed E-state index contributed by atoms with van der Waals surface area (Å²) in [6.07, 6.45) is 7.21. The molecule has 4 heteroatoms. The SMILES string of the molecule is C[C@]12CCC(=O)C=C1[C@@H](OO)C[C@@H]1[C@@H]2CC[C@]2(C)C(=O)CC[C@@H]12. The predicted octanol–water partition coefficient (Wildman–Crippen LogP) is 3.56. The van der Waals surface area contributed by atoms with Gasteiger partial charge in [0.25, 0.3) is 0 Å². The lowest BCUT2D eigenvalue weighted by atomic mass is 9.47. The summed E-state index contributed by atoms with van der Waals surface area (Å²) in [7, 11) is 0. The Hall–Kier alpha value is -1.00. The maximum Gasteiger partial charge on any atom is 0.155 e. The molecule has 1 N–H and O–H groups in total. The number of ketones is 2.